The number of alkyl halides is 1. The lowest BCUT2D eigenvalue weighted by Crippen LogP contribution is -2.03. The van der Waals surface area contributed by atoms with Crippen molar-refractivity contribution in [3.05, 3.63) is 53.1 Å². The molecule has 108 valence electrons. The van der Waals surface area contributed by atoms with Gasteiger partial charge in [0.15, 0.2) is 0 Å². The highest BCUT2D eigenvalue weighted by Gasteiger charge is 2.17. The Labute approximate surface area is 134 Å². The standard InChI is InChI=1S/C17H16Cl2N2/c1-11(2)21-16-14(19)7-4-8-15(16)20-17(21)13-6-3-5-12(9-13)10-18/h3-9,11H,10H2,1-2H3. The number of imidazole rings is 1. The normalized spacial score (nSPS) is 11.5. The predicted octanol–water partition coefficient (Wildman–Crippen LogP) is 5.68. The minimum atomic E-state index is 0.268. The van der Waals surface area contributed by atoms with Gasteiger partial charge in [-0.2, -0.15) is 0 Å². The lowest BCUT2D eigenvalue weighted by atomic mass is 10.1. The molecule has 0 amide bonds. The Kier molecular flexibility index (Phi) is 3.92. The summed E-state index contributed by atoms with van der Waals surface area (Å²) >= 11 is 12.3. The van der Waals surface area contributed by atoms with E-state index in [-0.39, 0.29) is 6.04 Å². The Balaban J connectivity index is 2.31. The van der Waals surface area contributed by atoms with Crippen molar-refractivity contribution in [3.63, 3.8) is 0 Å². The largest absolute Gasteiger partial charge is 0.320 e. The Bertz CT molecular complexity index is 791. The van der Waals surface area contributed by atoms with Crippen LogP contribution in [-0.2, 0) is 5.88 Å². The lowest BCUT2D eigenvalue weighted by Gasteiger charge is -2.14. The molecule has 0 atom stereocenters. The Hall–Kier alpha value is -1.51. The smallest absolute Gasteiger partial charge is 0.141 e. The summed E-state index contributed by atoms with van der Waals surface area (Å²) in [6, 6.07) is 14.3. The molecule has 0 saturated heterocycles. The molecule has 0 saturated carbocycles. The Morgan fingerprint density at radius 1 is 1.14 bits per heavy atom. The van der Waals surface area contributed by atoms with Crippen LogP contribution < -0.4 is 0 Å². The molecule has 1 heterocycles. The van der Waals surface area contributed by atoms with Crippen molar-refractivity contribution >= 4 is 34.2 Å². The number of benzene rings is 2. The number of fused-ring (bicyclic) bond motifs is 1. The van der Waals surface area contributed by atoms with E-state index in [1.54, 1.807) is 0 Å². The van der Waals surface area contributed by atoms with Gasteiger partial charge in [-0.3, -0.25) is 0 Å². The molecule has 3 rings (SSSR count). The minimum Gasteiger partial charge on any atom is -0.320 e. The van der Waals surface area contributed by atoms with Gasteiger partial charge in [0.05, 0.1) is 16.1 Å². The zero-order valence-electron chi connectivity index (χ0n) is 12.0. The van der Waals surface area contributed by atoms with Crippen LogP contribution in [0, 0.1) is 0 Å². The molecule has 0 unspecified atom stereocenters. The summed E-state index contributed by atoms with van der Waals surface area (Å²) < 4.78 is 2.19. The van der Waals surface area contributed by atoms with Crippen molar-refractivity contribution in [2.24, 2.45) is 0 Å². The van der Waals surface area contributed by atoms with Crippen molar-refractivity contribution in [1.29, 1.82) is 0 Å². The number of hydrogen-bond donors (Lipinski definition) is 0. The topological polar surface area (TPSA) is 17.8 Å². The van der Waals surface area contributed by atoms with Crippen LogP contribution in [0.5, 0.6) is 0 Å². The summed E-state index contributed by atoms with van der Waals surface area (Å²) in [5.74, 6) is 1.43. The van der Waals surface area contributed by atoms with Gasteiger partial charge in [-0.05, 0) is 37.6 Å². The van der Waals surface area contributed by atoms with E-state index < -0.39 is 0 Å². The van der Waals surface area contributed by atoms with E-state index in [9.17, 15) is 0 Å². The molecule has 3 aromatic rings. The maximum atomic E-state index is 6.38. The average molecular weight is 319 g/mol. The van der Waals surface area contributed by atoms with Crippen LogP contribution in [0.25, 0.3) is 22.4 Å². The molecule has 0 aliphatic heterocycles. The summed E-state index contributed by atoms with van der Waals surface area (Å²) in [7, 11) is 0. The predicted molar refractivity (Wildman–Crippen MR) is 90.1 cm³/mol. The molecule has 0 fully saturated rings. The molecule has 0 bridgehead atoms. The van der Waals surface area contributed by atoms with Gasteiger partial charge in [0, 0.05) is 17.5 Å². The van der Waals surface area contributed by atoms with Crippen LogP contribution in [0.1, 0.15) is 25.5 Å². The molecule has 0 aliphatic rings. The van der Waals surface area contributed by atoms with Gasteiger partial charge in [-0.25, -0.2) is 4.98 Å². The first-order valence-electron chi connectivity index (χ1n) is 6.93. The monoisotopic (exact) mass is 318 g/mol. The fourth-order valence-electron chi connectivity index (χ4n) is 2.61. The molecule has 4 heteroatoms. The highest BCUT2D eigenvalue weighted by Crippen LogP contribution is 2.32. The summed E-state index contributed by atoms with van der Waals surface area (Å²) in [5, 5.41) is 0.730. The van der Waals surface area contributed by atoms with Crippen molar-refractivity contribution < 1.29 is 0 Å². The number of para-hydroxylation sites is 1. The maximum absolute atomic E-state index is 6.38. The molecule has 1 aromatic heterocycles. The van der Waals surface area contributed by atoms with Crippen LogP contribution in [0.2, 0.25) is 5.02 Å². The van der Waals surface area contributed by atoms with E-state index in [4.69, 9.17) is 28.2 Å². The highest BCUT2D eigenvalue weighted by molar-refractivity contribution is 6.35. The van der Waals surface area contributed by atoms with E-state index >= 15 is 0 Å². The number of halogens is 2. The van der Waals surface area contributed by atoms with E-state index in [1.807, 2.05) is 30.3 Å². The molecule has 0 radical (unpaired) electrons. The average Bonchev–Trinajstić information content (AvgIpc) is 2.88. The summed E-state index contributed by atoms with van der Waals surface area (Å²) in [5.41, 5.74) is 4.06. The first-order chi connectivity index (χ1) is 10.1. The van der Waals surface area contributed by atoms with Gasteiger partial charge in [-0.15, -0.1) is 11.6 Å². The molecule has 2 aromatic carbocycles. The summed E-state index contributed by atoms with van der Waals surface area (Å²) in [4.78, 5) is 4.78. The number of rotatable bonds is 3. The van der Waals surface area contributed by atoms with Crippen molar-refractivity contribution in [2.45, 2.75) is 25.8 Å². The van der Waals surface area contributed by atoms with Crippen LogP contribution in [0.4, 0.5) is 0 Å². The Morgan fingerprint density at radius 3 is 2.62 bits per heavy atom. The van der Waals surface area contributed by atoms with Crippen LogP contribution in [0.15, 0.2) is 42.5 Å². The minimum absolute atomic E-state index is 0.268. The van der Waals surface area contributed by atoms with Gasteiger partial charge in [-0.1, -0.05) is 35.9 Å². The molecule has 2 nitrogen and oxygen atoms in total. The zero-order valence-corrected chi connectivity index (χ0v) is 13.5. The number of hydrogen-bond acceptors (Lipinski definition) is 1. The number of nitrogens with zero attached hydrogens (tertiary/aromatic N) is 2. The SMILES string of the molecule is CC(C)n1c(-c2cccc(CCl)c2)nc2cccc(Cl)c21. The molecular weight excluding hydrogens is 303 g/mol. The molecule has 0 spiro atoms. The second-order valence-corrected chi connectivity index (χ2v) is 6.02. The van der Waals surface area contributed by atoms with Crippen LogP contribution in [0.3, 0.4) is 0 Å². The van der Waals surface area contributed by atoms with Crippen molar-refractivity contribution in [1.82, 2.24) is 9.55 Å². The van der Waals surface area contributed by atoms with E-state index in [0.717, 1.165) is 33.0 Å². The molecule has 21 heavy (non-hydrogen) atoms. The van der Waals surface area contributed by atoms with Crippen molar-refractivity contribution in [3.8, 4) is 11.4 Å². The van der Waals surface area contributed by atoms with Crippen LogP contribution in [-0.4, -0.2) is 9.55 Å². The van der Waals surface area contributed by atoms with E-state index in [0.29, 0.717) is 5.88 Å². The van der Waals surface area contributed by atoms with Gasteiger partial charge in [0.1, 0.15) is 5.82 Å². The van der Waals surface area contributed by atoms with Gasteiger partial charge in [0.2, 0.25) is 0 Å². The molecule has 0 aliphatic carbocycles. The summed E-state index contributed by atoms with van der Waals surface area (Å²) in [6.45, 7) is 4.28. The highest BCUT2D eigenvalue weighted by atomic mass is 35.5. The fourth-order valence-corrected chi connectivity index (χ4v) is 3.03. The fraction of sp³-hybridized carbons (Fsp3) is 0.235. The first kappa shape index (κ1) is 14.4. The second-order valence-electron chi connectivity index (χ2n) is 5.34. The van der Waals surface area contributed by atoms with Crippen LogP contribution >= 0.6 is 23.2 Å². The third-order valence-electron chi connectivity index (χ3n) is 3.52. The maximum Gasteiger partial charge on any atom is 0.141 e. The van der Waals surface area contributed by atoms with E-state index in [2.05, 4.69) is 30.5 Å². The van der Waals surface area contributed by atoms with Gasteiger partial charge in [0.25, 0.3) is 0 Å². The zero-order chi connectivity index (χ0) is 15.0. The molecule has 0 N–H and O–H groups in total. The molecular formula is C17H16Cl2N2. The lowest BCUT2D eigenvalue weighted by molar-refractivity contribution is 0.624. The van der Waals surface area contributed by atoms with Crippen molar-refractivity contribution in [2.75, 3.05) is 0 Å². The second kappa shape index (κ2) is 5.70. The number of aromatic nitrogens is 2. The van der Waals surface area contributed by atoms with Gasteiger partial charge >= 0.3 is 0 Å². The first-order valence-corrected chi connectivity index (χ1v) is 7.84. The van der Waals surface area contributed by atoms with E-state index in [1.165, 1.54) is 0 Å². The third kappa shape index (κ3) is 2.54. The quantitative estimate of drug-likeness (QED) is 0.568. The summed E-state index contributed by atoms with van der Waals surface area (Å²) in [6.07, 6.45) is 0. The third-order valence-corrected chi connectivity index (χ3v) is 4.13. The van der Waals surface area contributed by atoms with Gasteiger partial charge < -0.3 is 4.57 Å². The Morgan fingerprint density at radius 2 is 1.90 bits per heavy atom.